The molecule has 0 fully saturated rings. The number of carbonyl (C=O) groups excluding carboxylic acids is 1. The monoisotopic (exact) mass is 305 g/mol. The Morgan fingerprint density at radius 2 is 1.94 bits per heavy atom. The number of carbonyl (C=O) groups is 1. The second-order valence-corrected chi connectivity index (χ2v) is 4.61. The van der Waals surface area contributed by atoms with Crippen molar-refractivity contribution in [2.45, 2.75) is 12.8 Å². The van der Waals surface area contributed by atoms with Gasteiger partial charge in [0.25, 0.3) is 0 Å². The lowest BCUT2D eigenvalue weighted by Gasteiger charge is -2.15. The van der Waals surface area contributed by atoms with Gasteiger partial charge >= 0.3 is 0 Å². The molecule has 1 amide bonds. The van der Waals surface area contributed by atoms with E-state index in [1.807, 2.05) is 36.4 Å². The third-order valence-corrected chi connectivity index (χ3v) is 2.89. The minimum Gasteiger partial charge on any atom is -0.316 e. The number of nitriles is 2. The molecule has 0 saturated carbocycles. The minimum atomic E-state index is -0.168. The topological polar surface area (TPSA) is 67.9 Å². The first-order valence-corrected chi connectivity index (χ1v) is 6.22. The molecule has 0 N–H and O–H groups in total. The van der Waals surface area contributed by atoms with E-state index < -0.39 is 0 Å². The van der Waals surface area contributed by atoms with Gasteiger partial charge in [0.05, 0.1) is 12.1 Å². The van der Waals surface area contributed by atoms with Gasteiger partial charge in [-0.05, 0) is 24.1 Å². The summed E-state index contributed by atoms with van der Waals surface area (Å²) >= 11 is 3.37. The Bertz CT molecular complexity index is 486. The summed E-state index contributed by atoms with van der Waals surface area (Å²) in [7, 11) is 0. The van der Waals surface area contributed by atoms with Crippen LogP contribution in [0.2, 0.25) is 0 Å². The van der Waals surface area contributed by atoms with Crippen molar-refractivity contribution in [3.8, 4) is 12.1 Å². The predicted octanol–water partition coefficient (Wildman–Crippen LogP) is 2.26. The van der Waals surface area contributed by atoms with Gasteiger partial charge in [-0.15, -0.1) is 0 Å². The molecule has 0 aliphatic carbocycles. The highest BCUT2D eigenvalue weighted by molar-refractivity contribution is 9.10. The molecule has 0 bridgehead atoms. The summed E-state index contributed by atoms with van der Waals surface area (Å²) in [6.45, 7) is -0.0737. The first-order valence-electron chi connectivity index (χ1n) is 5.43. The molecule has 0 spiro atoms. The molecule has 1 aromatic carbocycles. The van der Waals surface area contributed by atoms with Crippen LogP contribution in [0.15, 0.2) is 28.7 Å². The van der Waals surface area contributed by atoms with E-state index in [4.69, 9.17) is 10.5 Å². The molecule has 0 radical (unpaired) electrons. The van der Waals surface area contributed by atoms with E-state index in [0.29, 0.717) is 12.8 Å². The minimum absolute atomic E-state index is 0.0368. The average Bonchev–Trinajstić information content (AvgIpc) is 2.36. The van der Waals surface area contributed by atoms with Crippen LogP contribution >= 0.6 is 15.9 Å². The number of benzene rings is 1. The molecule has 1 aromatic rings. The molecule has 5 heteroatoms. The zero-order valence-electron chi connectivity index (χ0n) is 9.77. The van der Waals surface area contributed by atoms with Crippen LogP contribution in [0.5, 0.6) is 0 Å². The van der Waals surface area contributed by atoms with Crippen molar-refractivity contribution in [1.82, 2.24) is 4.90 Å². The molecule has 0 unspecified atom stereocenters. The summed E-state index contributed by atoms with van der Waals surface area (Å²) in [6.07, 6.45) is 0.908. The van der Waals surface area contributed by atoms with Crippen LogP contribution in [0, 0.1) is 22.7 Å². The smallest absolute Gasteiger partial charge is 0.224 e. The van der Waals surface area contributed by atoms with E-state index in [0.717, 1.165) is 10.0 Å². The van der Waals surface area contributed by atoms with Gasteiger partial charge < -0.3 is 4.90 Å². The number of aryl methyl sites for hydroxylation is 1. The van der Waals surface area contributed by atoms with Crippen molar-refractivity contribution >= 4 is 21.8 Å². The lowest BCUT2D eigenvalue weighted by Crippen LogP contribution is -2.31. The van der Waals surface area contributed by atoms with Gasteiger partial charge in [0.1, 0.15) is 13.1 Å². The third-order valence-electron chi connectivity index (χ3n) is 2.39. The Morgan fingerprint density at radius 3 is 2.50 bits per heavy atom. The lowest BCUT2D eigenvalue weighted by molar-refractivity contribution is -0.130. The van der Waals surface area contributed by atoms with E-state index in [1.54, 1.807) is 0 Å². The van der Waals surface area contributed by atoms with Crippen molar-refractivity contribution < 1.29 is 4.79 Å². The maximum absolute atomic E-state index is 11.8. The number of rotatable bonds is 5. The average molecular weight is 306 g/mol. The molecule has 0 aromatic heterocycles. The van der Waals surface area contributed by atoms with Gasteiger partial charge in [0.2, 0.25) is 5.91 Å². The molecule has 0 aliphatic heterocycles. The third kappa shape index (κ3) is 4.57. The summed E-state index contributed by atoms with van der Waals surface area (Å²) in [5.74, 6) is -0.168. The summed E-state index contributed by atoms with van der Waals surface area (Å²) in [6, 6.07) is 11.5. The van der Waals surface area contributed by atoms with Crippen molar-refractivity contribution in [3.63, 3.8) is 0 Å². The molecule has 0 aliphatic rings. The first-order chi connectivity index (χ1) is 8.67. The van der Waals surface area contributed by atoms with E-state index in [9.17, 15) is 4.79 Å². The largest absolute Gasteiger partial charge is 0.316 e. The Morgan fingerprint density at radius 1 is 1.28 bits per heavy atom. The number of amides is 1. The Hall–Kier alpha value is -1.85. The normalized spacial score (nSPS) is 9.28. The van der Waals surface area contributed by atoms with Crippen LogP contribution in [-0.2, 0) is 11.2 Å². The van der Waals surface area contributed by atoms with Gasteiger partial charge in [-0.25, -0.2) is 0 Å². The zero-order chi connectivity index (χ0) is 13.4. The molecule has 18 heavy (non-hydrogen) atoms. The van der Waals surface area contributed by atoms with E-state index in [1.165, 1.54) is 4.90 Å². The van der Waals surface area contributed by atoms with Crippen LogP contribution in [0.25, 0.3) is 0 Å². The predicted molar refractivity (Wildman–Crippen MR) is 70.3 cm³/mol. The number of nitrogens with zero attached hydrogens (tertiary/aromatic N) is 3. The van der Waals surface area contributed by atoms with Gasteiger partial charge in [0.15, 0.2) is 0 Å². The summed E-state index contributed by atoms with van der Waals surface area (Å²) < 4.78 is 0.971. The highest BCUT2D eigenvalue weighted by atomic mass is 79.9. The fourth-order valence-electron chi connectivity index (χ4n) is 1.50. The van der Waals surface area contributed by atoms with Crippen molar-refractivity contribution in [3.05, 3.63) is 34.3 Å². The van der Waals surface area contributed by atoms with E-state index >= 15 is 0 Å². The highest BCUT2D eigenvalue weighted by Crippen LogP contribution is 2.13. The fraction of sp³-hybridized carbons (Fsp3) is 0.308. The molecule has 0 atom stereocenters. The van der Waals surface area contributed by atoms with Gasteiger partial charge in [-0.1, -0.05) is 28.1 Å². The van der Waals surface area contributed by atoms with Crippen LogP contribution < -0.4 is 0 Å². The Kier molecular flexibility index (Phi) is 5.90. The Labute approximate surface area is 115 Å². The second-order valence-electron chi connectivity index (χ2n) is 3.70. The SMILES string of the molecule is N#CCN(CC#N)C(=O)CCc1cccc(Br)c1. The fourth-order valence-corrected chi connectivity index (χ4v) is 1.95. The summed E-state index contributed by atoms with van der Waals surface area (Å²) in [5.41, 5.74) is 1.05. The second kappa shape index (κ2) is 7.47. The van der Waals surface area contributed by atoms with Crippen LogP contribution in [0.1, 0.15) is 12.0 Å². The standard InChI is InChI=1S/C13H12BrN3O/c14-12-3-1-2-11(10-12)4-5-13(18)17(8-6-15)9-7-16/h1-3,10H,4-5,8-9H2. The first kappa shape index (κ1) is 14.2. The summed E-state index contributed by atoms with van der Waals surface area (Å²) in [5, 5.41) is 17.1. The highest BCUT2D eigenvalue weighted by Gasteiger charge is 2.12. The maximum Gasteiger partial charge on any atom is 0.224 e. The quantitative estimate of drug-likeness (QED) is 0.784. The lowest BCUT2D eigenvalue weighted by atomic mass is 10.1. The molecule has 4 nitrogen and oxygen atoms in total. The molecular weight excluding hydrogens is 294 g/mol. The molecule has 0 heterocycles. The summed E-state index contributed by atoms with van der Waals surface area (Å²) in [4.78, 5) is 13.1. The Balaban J connectivity index is 2.54. The molecule has 92 valence electrons. The van der Waals surface area contributed by atoms with E-state index in [2.05, 4.69) is 15.9 Å². The zero-order valence-corrected chi connectivity index (χ0v) is 11.4. The molecule has 1 rings (SSSR count). The number of hydrogen-bond donors (Lipinski definition) is 0. The van der Waals surface area contributed by atoms with Gasteiger partial charge in [-0.3, -0.25) is 4.79 Å². The van der Waals surface area contributed by atoms with Gasteiger partial charge in [0, 0.05) is 10.9 Å². The number of halogens is 1. The number of hydrogen-bond acceptors (Lipinski definition) is 3. The van der Waals surface area contributed by atoms with Gasteiger partial charge in [-0.2, -0.15) is 10.5 Å². The van der Waals surface area contributed by atoms with Crippen LogP contribution in [0.3, 0.4) is 0 Å². The van der Waals surface area contributed by atoms with Crippen LogP contribution in [-0.4, -0.2) is 23.9 Å². The van der Waals surface area contributed by atoms with E-state index in [-0.39, 0.29) is 19.0 Å². The van der Waals surface area contributed by atoms with Crippen molar-refractivity contribution in [2.24, 2.45) is 0 Å². The molecule has 0 saturated heterocycles. The van der Waals surface area contributed by atoms with Crippen molar-refractivity contribution in [2.75, 3.05) is 13.1 Å². The van der Waals surface area contributed by atoms with Crippen molar-refractivity contribution in [1.29, 1.82) is 10.5 Å². The van der Waals surface area contributed by atoms with Crippen LogP contribution in [0.4, 0.5) is 0 Å². The maximum atomic E-state index is 11.8. The molecular formula is C13H12BrN3O.